The van der Waals surface area contributed by atoms with Crippen molar-refractivity contribution in [3.63, 3.8) is 0 Å². The Balaban J connectivity index is 2.23. The Labute approximate surface area is 105 Å². The first-order chi connectivity index (χ1) is 8.36. The van der Waals surface area contributed by atoms with Crippen LogP contribution in [-0.2, 0) is 0 Å². The average Bonchev–Trinajstić information content (AvgIpc) is 2.61. The Hall–Kier alpha value is -1.02. The van der Waals surface area contributed by atoms with E-state index in [-0.39, 0.29) is 0 Å². The molecule has 0 aliphatic carbocycles. The Morgan fingerprint density at radius 1 is 1.24 bits per heavy atom. The standard InChI is InChI=1S/C15H24N2/c1-2-15-13(12-16)8-6-7-11-17(15)14-9-4-3-5-10-14/h3-5,9-10,13,15H,2,6-8,11-12,16H2,1H3/t13-,15-/m1/s1. The lowest BCUT2D eigenvalue weighted by atomic mass is 9.92. The van der Waals surface area contributed by atoms with Gasteiger partial charge in [0.1, 0.15) is 0 Å². The van der Waals surface area contributed by atoms with Gasteiger partial charge < -0.3 is 10.6 Å². The molecule has 0 spiro atoms. The molecule has 0 saturated carbocycles. The smallest absolute Gasteiger partial charge is 0.0368 e. The van der Waals surface area contributed by atoms with E-state index in [0.717, 1.165) is 6.54 Å². The van der Waals surface area contributed by atoms with Gasteiger partial charge in [0.05, 0.1) is 0 Å². The molecule has 17 heavy (non-hydrogen) atoms. The molecule has 2 rings (SSSR count). The lowest BCUT2D eigenvalue weighted by Crippen LogP contribution is -2.42. The molecule has 1 aliphatic heterocycles. The molecule has 1 saturated heterocycles. The first kappa shape index (κ1) is 12.4. The zero-order valence-electron chi connectivity index (χ0n) is 10.8. The number of benzene rings is 1. The molecule has 0 bridgehead atoms. The van der Waals surface area contributed by atoms with Gasteiger partial charge in [0, 0.05) is 18.3 Å². The van der Waals surface area contributed by atoms with Crippen LogP contribution >= 0.6 is 0 Å². The normalized spacial score (nSPS) is 25.6. The van der Waals surface area contributed by atoms with E-state index in [1.807, 2.05) is 0 Å². The lowest BCUT2D eigenvalue weighted by Gasteiger charge is -2.36. The van der Waals surface area contributed by atoms with Crippen molar-refractivity contribution >= 4 is 5.69 Å². The van der Waals surface area contributed by atoms with Gasteiger partial charge in [-0.15, -0.1) is 0 Å². The maximum absolute atomic E-state index is 5.95. The van der Waals surface area contributed by atoms with Crippen molar-refractivity contribution in [2.24, 2.45) is 11.7 Å². The topological polar surface area (TPSA) is 29.3 Å². The van der Waals surface area contributed by atoms with Gasteiger partial charge in [-0.3, -0.25) is 0 Å². The molecule has 2 nitrogen and oxygen atoms in total. The SMILES string of the molecule is CC[C@@H]1[C@@H](CN)CCCCN1c1ccccc1. The van der Waals surface area contributed by atoms with Gasteiger partial charge in [-0.05, 0) is 43.9 Å². The summed E-state index contributed by atoms with van der Waals surface area (Å²) < 4.78 is 0. The summed E-state index contributed by atoms with van der Waals surface area (Å²) in [5.74, 6) is 0.655. The van der Waals surface area contributed by atoms with Crippen LogP contribution < -0.4 is 10.6 Å². The van der Waals surface area contributed by atoms with E-state index in [4.69, 9.17) is 5.73 Å². The van der Waals surface area contributed by atoms with E-state index >= 15 is 0 Å². The summed E-state index contributed by atoms with van der Waals surface area (Å²) in [7, 11) is 0. The van der Waals surface area contributed by atoms with Crippen LogP contribution in [0.25, 0.3) is 0 Å². The maximum Gasteiger partial charge on any atom is 0.0368 e. The Morgan fingerprint density at radius 2 is 2.00 bits per heavy atom. The minimum absolute atomic E-state index is 0.616. The highest BCUT2D eigenvalue weighted by Crippen LogP contribution is 2.29. The van der Waals surface area contributed by atoms with Crippen LogP contribution in [0.2, 0.25) is 0 Å². The highest BCUT2D eigenvalue weighted by molar-refractivity contribution is 5.47. The predicted molar refractivity (Wildman–Crippen MR) is 74.3 cm³/mol. The summed E-state index contributed by atoms with van der Waals surface area (Å²) in [5, 5.41) is 0. The van der Waals surface area contributed by atoms with Gasteiger partial charge in [0.15, 0.2) is 0 Å². The highest BCUT2D eigenvalue weighted by atomic mass is 15.2. The van der Waals surface area contributed by atoms with Gasteiger partial charge in [0.2, 0.25) is 0 Å². The van der Waals surface area contributed by atoms with E-state index in [2.05, 4.69) is 42.2 Å². The Bertz CT molecular complexity index is 323. The van der Waals surface area contributed by atoms with E-state index < -0.39 is 0 Å². The molecule has 0 unspecified atom stereocenters. The molecule has 2 atom stereocenters. The second kappa shape index (κ2) is 6.06. The van der Waals surface area contributed by atoms with E-state index in [9.17, 15) is 0 Å². The van der Waals surface area contributed by atoms with Crippen LogP contribution in [0.3, 0.4) is 0 Å². The minimum Gasteiger partial charge on any atom is -0.368 e. The van der Waals surface area contributed by atoms with E-state index in [0.29, 0.717) is 12.0 Å². The molecule has 0 amide bonds. The summed E-state index contributed by atoms with van der Waals surface area (Å²) in [4.78, 5) is 2.57. The third-order valence-electron chi connectivity index (χ3n) is 3.98. The zero-order valence-corrected chi connectivity index (χ0v) is 10.8. The predicted octanol–water partition coefficient (Wildman–Crippen LogP) is 3.03. The second-order valence-corrected chi connectivity index (χ2v) is 5.00. The molecule has 1 fully saturated rings. The lowest BCUT2D eigenvalue weighted by molar-refractivity contribution is 0.392. The molecule has 94 valence electrons. The molecule has 2 N–H and O–H groups in total. The number of hydrogen-bond acceptors (Lipinski definition) is 2. The molecular weight excluding hydrogens is 208 g/mol. The Kier molecular flexibility index (Phi) is 4.43. The summed E-state index contributed by atoms with van der Waals surface area (Å²) >= 11 is 0. The van der Waals surface area contributed by atoms with Crippen LogP contribution in [0.4, 0.5) is 5.69 Å². The number of rotatable bonds is 3. The molecule has 1 aliphatic rings. The quantitative estimate of drug-likeness (QED) is 0.868. The third-order valence-corrected chi connectivity index (χ3v) is 3.98. The molecule has 0 radical (unpaired) electrons. The minimum atomic E-state index is 0.616. The molecular formula is C15H24N2. The van der Waals surface area contributed by atoms with Gasteiger partial charge in [-0.25, -0.2) is 0 Å². The number of nitrogens with two attached hydrogens (primary N) is 1. The van der Waals surface area contributed by atoms with Crippen LogP contribution in [0, 0.1) is 5.92 Å². The van der Waals surface area contributed by atoms with Gasteiger partial charge >= 0.3 is 0 Å². The van der Waals surface area contributed by atoms with Crippen molar-refractivity contribution < 1.29 is 0 Å². The average molecular weight is 232 g/mol. The van der Waals surface area contributed by atoms with Crippen LogP contribution in [0.5, 0.6) is 0 Å². The number of nitrogens with zero attached hydrogens (tertiary/aromatic N) is 1. The van der Waals surface area contributed by atoms with Crippen molar-refractivity contribution in [3.8, 4) is 0 Å². The summed E-state index contributed by atoms with van der Waals surface area (Å²) in [6, 6.07) is 11.4. The van der Waals surface area contributed by atoms with E-state index in [1.165, 1.54) is 37.9 Å². The largest absolute Gasteiger partial charge is 0.368 e. The van der Waals surface area contributed by atoms with Gasteiger partial charge in [-0.2, -0.15) is 0 Å². The van der Waals surface area contributed by atoms with Crippen LogP contribution in [0.15, 0.2) is 30.3 Å². The fourth-order valence-corrected chi connectivity index (χ4v) is 3.07. The zero-order chi connectivity index (χ0) is 12.1. The third kappa shape index (κ3) is 2.81. The van der Waals surface area contributed by atoms with Crippen molar-refractivity contribution in [1.29, 1.82) is 0 Å². The molecule has 1 aromatic carbocycles. The summed E-state index contributed by atoms with van der Waals surface area (Å²) in [6.45, 7) is 4.29. The number of hydrogen-bond donors (Lipinski definition) is 1. The molecule has 1 heterocycles. The van der Waals surface area contributed by atoms with Crippen LogP contribution in [0.1, 0.15) is 32.6 Å². The monoisotopic (exact) mass is 232 g/mol. The van der Waals surface area contributed by atoms with E-state index in [1.54, 1.807) is 0 Å². The second-order valence-electron chi connectivity index (χ2n) is 5.00. The molecule has 2 heteroatoms. The fraction of sp³-hybridized carbons (Fsp3) is 0.600. The van der Waals surface area contributed by atoms with Gasteiger partial charge in [-0.1, -0.05) is 31.5 Å². The molecule has 1 aromatic rings. The van der Waals surface area contributed by atoms with Crippen LogP contribution in [-0.4, -0.2) is 19.1 Å². The van der Waals surface area contributed by atoms with Crippen molar-refractivity contribution in [3.05, 3.63) is 30.3 Å². The van der Waals surface area contributed by atoms with Crippen molar-refractivity contribution in [1.82, 2.24) is 0 Å². The van der Waals surface area contributed by atoms with Crippen molar-refractivity contribution in [2.45, 2.75) is 38.6 Å². The first-order valence-electron chi connectivity index (χ1n) is 6.88. The van der Waals surface area contributed by atoms with Gasteiger partial charge in [0.25, 0.3) is 0 Å². The number of anilines is 1. The Morgan fingerprint density at radius 3 is 2.65 bits per heavy atom. The summed E-state index contributed by atoms with van der Waals surface area (Å²) in [6.07, 6.45) is 5.10. The summed E-state index contributed by atoms with van der Waals surface area (Å²) in [5.41, 5.74) is 7.31. The first-order valence-corrected chi connectivity index (χ1v) is 6.88. The maximum atomic E-state index is 5.95. The fourth-order valence-electron chi connectivity index (χ4n) is 3.07. The molecule has 0 aromatic heterocycles. The number of para-hydroxylation sites is 1. The highest BCUT2D eigenvalue weighted by Gasteiger charge is 2.27. The van der Waals surface area contributed by atoms with Crippen molar-refractivity contribution in [2.75, 3.05) is 18.0 Å².